The molecule has 0 fully saturated rings. The van der Waals surface area contributed by atoms with Crippen LogP contribution in [0.15, 0.2) is 64.6 Å². The fourth-order valence-corrected chi connectivity index (χ4v) is 3.53. The van der Waals surface area contributed by atoms with Crippen molar-refractivity contribution in [3.8, 4) is 11.4 Å². The zero-order valence-electron chi connectivity index (χ0n) is 14.2. The van der Waals surface area contributed by atoms with Crippen LogP contribution in [0.1, 0.15) is 17.1 Å². The number of rotatable bonds is 6. The van der Waals surface area contributed by atoms with Crippen LogP contribution in [0.2, 0.25) is 0 Å². The number of nitrogens with zero attached hydrogens (tertiary/aromatic N) is 5. The molecular formula is C18H18N6OS. The van der Waals surface area contributed by atoms with Crippen LogP contribution in [0.3, 0.4) is 0 Å². The average molecular weight is 366 g/mol. The molecule has 4 rings (SSSR count). The standard InChI is InChI=1S/C18H18N6OS/c1-13-15(7-10-25-13)17-21-22-18(24(17)19)26-12-16-20-8-9-23(16)11-14-5-3-2-4-6-14/h2-10H,11-12,19H2,1H3. The number of imidazole rings is 1. The molecule has 0 atom stereocenters. The number of benzene rings is 1. The normalized spacial score (nSPS) is 11.1. The summed E-state index contributed by atoms with van der Waals surface area (Å²) in [5.41, 5.74) is 2.08. The Labute approximate surface area is 154 Å². The molecule has 8 heteroatoms. The van der Waals surface area contributed by atoms with E-state index in [1.165, 1.54) is 22.0 Å². The molecule has 3 aromatic heterocycles. The molecule has 0 bridgehead atoms. The minimum Gasteiger partial charge on any atom is -0.469 e. The van der Waals surface area contributed by atoms with Crippen LogP contribution >= 0.6 is 11.8 Å². The van der Waals surface area contributed by atoms with Gasteiger partial charge in [-0.05, 0) is 18.6 Å². The van der Waals surface area contributed by atoms with Crippen molar-refractivity contribution in [3.63, 3.8) is 0 Å². The topological polar surface area (TPSA) is 87.7 Å². The van der Waals surface area contributed by atoms with Crippen LogP contribution in [-0.4, -0.2) is 24.4 Å². The zero-order valence-corrected chi connectivity index (χ0v) is 15.1. The summed E-state index contributed by atoms with van der Waals surface area (Å²) in [6.45, 7) is 2.66. The molecule has 7 nitrogen and oxygen atoms in total. The third kappa shape index (κ3) is 3.23. The maximum atomic E-state index is 6.17. The van der Waals surface area contributed by atoms with Crippen molar-refractivity contribution in [2.24, 2.45) is 0 Å². The predicted molar refractivity (Wildman–Crippen MR) is 99.9 cm³/mol. The van der Waals surface area contributed by atoms with E-state index in [4.69, 9.17) is 10.3 Å². The molecule has 26 heavy (non-hydrogen) atoms. The Hall–Kier alpha value is -3.00. The number of nitrogens with two attached hydrogens (primary N) is 1. The van der Waals surface area contributed by atoms with Crippen LogP contribution in [0.5, 0.6) is 0 Å². The Morgan fingerprint density at radius 3 is 2.77 bits per heavy atom. The number of hydrogen-bond acceptors (Lipinski definition) is 6. The van der Waals surface area contributed by atoms with E-state index < -0.39 is 0 Å². The highest BCUT2D eigenvalue weighted by Crippen LogP contribution is 2.26. The summed E-state index contributed by atoms with van der Waals surface area (Å²) in [5, 5.41) is 9.02. The van der Waals surface area contributed by atoms with Crippen molar-refractivity contribution in [1.82, 2.24) is 24.4 Å². The van der Waals surface area contributed by atoms with E-state index in [2.05, 4.69) is 31.9 Å². The number of furan rings is 1. The summed E-state index contributed by atoms with van der Waals surface area (Å²) >= 11 is 1.50. The van der Waals surface area contributed by atoms with Crippen LogP contribution in [0.4, 0.5) is 0 Å². The lowest BCUT2D eigenvalue weighted by molar-refractivity contribution is 0.535. The van der Waals surface area contributed by atoms with Gasteiger partial charge in [0, 0.05) is 18.9 Å². The third-order valence-electron chi connectivity index (χ3n) is 4.09. The summed E-state index contributed by atoms with van der Waals surface area (Å²) in [4.78, 5) is 4.46. The van der Waals surface area contributed by atoms with E-state index in [1.54, 1.807) is 6.26 Å². The fraction of sp³-hybridized carbons (Fsp3) is 0.167. The Morgan fingerprint density at radius 2 is 2.00 bits per heavy atom. The van der Waals surface area contributed by atoms with Crippen LogP contribution in [0.25, 0.3) is 11.4 Å². The minimum absolute atomic E-state index is 0.589. The second kappa shape index (κ2) is 7.09. The maximum absolute atomic E-state index is 6.17. The van der Waals surface area contributed by atoms with Gasteiger partial charge in [0.1, 0.15) is 11.6 Å². The molecule has 0 aliphatic rings. The molecule has 132 valence electrons. The fourth-order valence-electron chi connectivity index (χ4n) is 2.71. The number of thioether (sulfide) groups is 1. The molecule has 0 aliphatic heterocycles. The highest BCUT2D eigenvalue weighted by molar-refractivity contribution is 7.98. The van der Waals surface area contributed by atoms with Crippen LogP contribution in [0, 0.1) is 6.92 Å². The Bertz CT molecular complexity index is 1000. The van der Waals surface area contributed by atoms with Gasteiger partial charge in [0.2, 0.25) is 5.16 Å². The lowest BCUT2D eigenvalue weighted by Gasteiger charge is -2.08. The molecule has 0 spiro atoms. The van der Waals surface area contributed by atoms with E-state index >= 15 is 0 Å². The van der Waals surface area contributed by atoms with Gasteiger partial charge in [0.15, 0.2) is 5.82 Å². The smallest absolute Gasteiger partial charge is 0.210 e. The minimum atomic E-state index is 0.589. The van der Waals surface area contributed by atoms with Gasteiger partial charge < -0.3 is 14.8 Å². The summed E-state index contributed by atoms with van der Waals surface area (Å²) in [7, 11) is 0. The molecule has 0 unspecified atom stereocenters. The zero-order chi connectivity index (χ0) is 17.9. The second-order valence-electron chi connectivity index (χ2n) is 5.81. The number of nitrogen functional groups attached to an aromatic ring is 1. The number of aryl methyl sites for hydroxylation is 1. The average Bonchev–Trinajstić information content (AvgIpc) is 3.35. The van der Waals surface area contributed by atoms with Gasteiger partial charge in [0.25, 0.3) is 0 Å². The van der Waals surface area contributed by atoms with Crippen molar-refractivity contribution in [1.29, 1.82) is 0 Å². The largest absolute Gasteiger partial charge is 0.469 e. The van der Waals surface area contributed by atoms with Crippen LogP contribution < -0.4 is 5.84 Å². The highest BCUT2D eigenvalue weighted by Gasteiger charge is 2.16. The Balaban J connectivity index is 1.48. The lowest BCUT2D eigenvalue weighted by atomic mass is 10.2. The van der Waals surface area contributed by atoms with E-state index in [0.717, 1.165) is 23.7 Å². The molecule has 4 aromatic rings. The monoisotopic (exact) mass is 366 g/mol. The molecule has 0 radical (unpaired) electrons. The van der Waals surface area contributed by atoms with Gasteiger partial charge in [-0.25, -0.2) is 9.66 Å². The SMILES string of the molecule is Cc1occc1-c1nnc(SCc2nccn2Cc2ccccc2)n1N. The second-order valence-corrected chi connectivity index (χ2v) is 6.75. The first kappa shape index (κ1) is 16.5. The van der Waals surface area contributed by atoms with E-state index in [1.807, 2.05) is 43.6 Å². The summed E-state index contributed by atoms with van der Waals surface area (Å²) in [6.07, 6.45) is 5.41. The van der Waals surface area contributed by atoms with Gasteiger partial charge in [-0.1, -0.05) is 42.1 Å². The summed E-state index contributed by atoms with van der Waals surface area (Å²) in [6, 6.07) is 12.1. The first-order chi connectivity index (χ1) is 12.7. The van der Waals surface area contributed by atoms with E-state index in [-0.39, 0.29) is 0 Å². The summed E-state index contributed by atoms with van der Waals surface area (Å²) < 4.78 is 8.94. The van der Waals surface area contributed by atoms with Crippen molar-refractivity contribution in [3.05, 3.63) is 72.2 Å². The van der Waals surface area contributed by atoms with Crippen LogP contribution in [-0.2, 0) is 12.3 Å². The van der Waals surface area contributed by atoms with Crippen molar-refractivity contribution in [2.75, 3.05) is 5.84 Å². The van der Waals surface area contributed by atoms with E-state index in [0.29, 0.717) is 16.7 Å². The van der Waals surface area contributed by atoms with Crippen molar-refractivity contribution < 1.29 is 4.42 Å². The van der Waals surface area contributed by atoms with Gasteiger partial charge in [-0.2, -0.15) is 0 Å². The van der Waals surface area contributed by atoms with Gasteiger partial charge in [-0.3, -0.25) is 0 Å². The molecule has 1 aromatic carbocycles. The molecule has 0 aliphatic carbocycles. The number of hydrogen-bond donors (Lipinski definition) is 1. The maximum Gasteiger partial charge on any atom is 0.210 e. The quantitative estimate of drug-likeness (QED) is 0.417. The van der Waals surface area contributed by atoms with Gasteiger partial charge >= 0.3 is 0 Å². The Morgan fingerprint density at radius 1 is 1.15 bits per heavy atom. The highest BCUT2D eigenvalue weighted by atomic mass is 32.2. The Kier molecular flexibility index (Phi) is 4.49. The first-order valence-corrected chi connectivity index (χ1v) is 9.12. The van der Waals surface area contributed by atoms with Crippen molar-refractivity contribution in [2.45, 2.75) is 24.4 Å². The van der Waals surface area contributed by atoms with E-state index in [9.17, 15) is 0 Å². The molecular weight excluding hydrogens is 348 g/mol. The van der Waals surface area contributed by atoms with Gasteiger partial charge in [-0.15, -0.1) is 10.2 Å². The third-order valence-corrected chi connectivity index (χ3v) is 5.03. The summed E-state index contributed by atoms with van der Waals surface area (Å²) in [5.74, 6) is 9.13. The molecule has 0 saturated heterocycles. The van der Waals surface area contributed by atoms with Crippen molar-refractivity contribution >= 4 is 11.8 Å². The van der Waals surface area contributed by atoms with Gasteiger partial charge in [0.05, 0.1) is 17.6 Å². The molecule has 3 heterocycles. The molecule has 0 saturated carbocycles. The first-order valence-electron chi connectivity index (χ1n) is 8.14. The lowest BCUT2D eigenvalue weighted by Crippen LogP contribution is -2.12. The predicted octanol–water partition coefficient (Wildman–Crippen LogP) is 3.10. The molecule has 0 amide bonds. The molecule has 2 N–H and O–H groups in total. The number of aromatic nitrogens is 5.